The number of hydrogen-bond donors (Lipinski definition) is 3. The highest BCUT2D eigenvalue weighted by molar-refractivity contribution is 7.89. The van der Waals surface area contributed by atoms with Gasteiger partial charge in [0.05, 0.1) is 41.9 Å². The van der Waals surface area contributed by atoms with Gasteiger partial charge in [0.15, 0.2) is 0 Å². The van der Waals surface area contributed by atoms with Gasteiger partial charge in [-0.2, -0.15) is 19.5 Å². The Labute approximate surface area is 234 Å². The summed E-state index contributed by atoms with van der Waals surface area (Å²) in [4.78, 5) is 14.8. The molecule has 2 aromatic heterocycles. The molecule has 3 aromatic rings. The lowest BCUT2D eigenvalue weighted by Gasteiger charge is -2.39. The molecule has 0 bridgehead atoms. The predicted octanol–water partition coefficient (Wildman–Crippen LogP) is 3.13. The van der Waals surface area contributed by atoms with Crippen LogP contribution in [0, 0.1) is 17.2 Å². The van der Waals surface area contributed by atoms with E-state index in [1.54, 1.807) is 22.6 Å². The van der Waals surface area contributed by atoms with Gasteiger partial charge in [0.1, 0.15) is 23.3 Å². The zero-order valence-corrected chi connectivity index (χ0v) is 23.9. The fourth-order valence-electron chi connectivity index (χ4n) is 5.20. The molecule has 2 saturated heterocycles. The van der Waals surface area contributed by atoms with Crippen LogP contribution in [0.5, 0.6) is 5.75 Å². The van der Waals surface area contributed by atoms with Crippen LogP contribution in [0.15, 0.2) is 29.3 Å². The van der Waals surface area contributed by atoms with Gasteiger partial charge >= 0.3 is 0 Å². The number of nitrogens with zero attached hydrogens (tertiary/aromatic N) is 5. The van der Waals surface area contributed by atoms with Crippen molar-refractivity contribution in [1.82, 2.24) is 24.2 Å². The summed E-state index contributed by atoms with van der Waals surface area (Å²) in [5.41, 5.74) is 1.49. The molecule has 2 aliphatic heterocycles. The first-order chi connectivity index (χ1) is 19.3. The summed E-state index contributed by atoms with van der Waals surface area (Å²) in [6, 6.07) is 7.33. The minimum atomic E-state index is -3.68. The number of H-pyrrole nitrogens is 1. The van der Waals surface area contributed by atoms with Crippen LogP contribution in [-0.2, 0) is 14.8 Å². The molecule has 13 heteroatoms. The van der Waals surface area contributed by atoms with Gasteiger partial charge in [-0.25, -0.2) is 8.42 Å². The van der Waals surface area contributed by atoms with E-state index < -0.39 is 10.0 Å². The Kier molecular flexibility index (Phi) is 8.41. The lowest BCUT2D eigenvalue weighted by molar-refractivity contribution is 0.00610. The Hall–Kier alpha value is -3.44. The topological polar surface area (TPSA) is 148 Å². The van der Waals surface area contributed by atoms with Crippen molar-refractivity contribution in [3.63, 3.8) is 0 Å². The number of methoxy groups -OCH3 is 1. The van der Waals surface area contributed by atoms with Gasteiger partial charge in [0.25, 0.3) is 0 Å². The molecule has 5 rings (SSSR count). The van der Waals surface area contributed by atoms with Crippen LogP contribution in [0.25, 0.3) is 11.0 Å². The molecule has 0 saturated carbocycles. The van der Waals surface area contributed by atoms with Gasteiger partial charge in [-0.05, 0) is 30.9 Å². The van der Waals surface area contributed by atoms with Gasteiger partial charge in [-0.1, -0.05) is 13.8 Å². The Balaban J connectivity index is 1.35. The van der Waals surface area contributed by atoms with Crippen molar-refractivity contribution in [3.05, 3.63) is 30.0 Å². The van der Waals surface area contributed by atoms with E-state index >= 15 is 0 Å². The molecule has 3 N–H and O–H groups in total. The minimum absolute atomic E-state index is 0.179. The van der Waals surface area contributed by atoms with E-state index in [1.807, 2.05) is 0 Å². The second-order valence-corrected chi connectivity index (χ2v) is 12.4. The Morgan fingerprint density at radius 1 is 1.20 bits per heavy atom. The third kappa shape index (κ3) is 5.85. The first kappa shape index (κ1) is 28.1. The third-order valence-corrected chi connectivity index (χ3v) is 9.27. The fraction of sp³-hybridized carbons (Fsp3) is 0.519. The average molecular weight is 569 g/mol. The highest BCUT2D eigenvalue weighted by Crippen LogP contribution is 2.33. The molecule has 2 fully saturated rings. The molecular formula is C27H36N8O4S. The van der Waals surface area contributed by atoms with Crippen molar-refractivity contribution < 1.29 is 17.9 Å². The van der Waals surface area contributed by atoms with E-state index in [0.29, 0.717) is 65.4 Å². The monoisotopic (exact) mass is 568 g/mol. The molecule has 0 radical (unpaired) electrons. The van der Waals surface area contributed by atoms with Crippen LogP contribution in [-0.4, -0.2) is 91.7 Å². The number of nitriles is 1. The van der Waals surface area contributed by atoms with Gasteiger partial charge < -0.3 is 25.1 Å². The van der Waals surface area contributed by atoms with Gasteiger partial charge in [-0.15, -0.1) is 0 Å². The van der Waals surface area contributed by atoms with Crippen LogP contribution in [0.1, 0.15) is 32.3 Å². The summed E-state index contributed by atoms with van der Waals surface area (Å²) in [5, 5.41) is 16.6. The van der Waals surface area contributed by atoms with Crippen LogP contribution < -0.4 is 15.4 Å². The van der Waals surface area contributed by atoms with Crippen molar-refractivity contribution in [1.29, 1.82) is 5.26 Å². The van der Waals surface area contributed by atoms with Crippen molar-refractivity contribution in [2.45, 2.75) is 37.6 Å². The van der Waals surface area contributed by atoms with Crippen LogP contribution in [0.3, 0.4) is 0 Å². The van der Waals surface area contributed by atoms with Crippen LogP contribution in [0.4, 0.5) is 17.5 Å². The van der Waals surface area contributed by atoms with E-state index in [-0.39, 0.29) is 10.8 Å². The molecule has 2 aliphatic rings. The number of sulfonamides is 1. The normalized spacial score (nSPS) is 17.7. The number of piperidine rings is 1. The van der Waals surface area contributed by atoms with Gasteiger partial charge in [-0.3, -0.25) is 4.90 Å². The molecule has 12 nitrogen and oxygen atoms in total. The summed E-state index contributed by atoms with van der Waals surface area (Å²) in [5.74, 6) is 1.54. The number of aromatic nitrogens is 3. The lowest BCUT2D eigenvalue weighted by Crippen LogP contribution is -2.50. The van der Waals surface area contributed by atoms with Gasteiger partial charge in [0.2, 0.25) is 16.0 Å². The largest absolute Gasteiger partial charge is 0.495 e. The highest BCUT2D eigenvalue weighted by Gasteiger charge is 2.32. The van der Waals surface area contributed by atoms with E-state index in [4.69, 9.17) is 9.47 Å². The maximum atomic E-state index is 13.5. The fourth-order valence-corrected chi connectivity index (χ4v) is 6.69. The summed E-state index contributed by atoms with van der Waals surface area (Å²) in [6.45, 7) is 9.07. The molecule has 4 heterocycles. The summed E-state index contributed by atoms with van der Waals surface area (Å²) in [6.07, 6.45) is 3.21. The highest BCUT2D eigenvalue weighted by atomic mass is 32.2. The SMILES string of the molecule is COc1cc(S(=O)(=O)N2CCC(N3CCOCC3)CC2)ccc1Nc1nc(NCC(C)C)c2c(C#N)c[nH]c2n1. The first-order valence-electron chi connectivity index (χ1n) is 13.6. The van der Waals surface area contributed by atoms with E-state index in [2.05, 4.69) is 50.4 Å². The minimum Gasteiger partial charge on any atom is -0.495 e. The number of morpholine rings is 1. The van der Waals surface area contributed by atoms with Crippen molar-refractivity contribution in [2.24, 2.45) is 5.92 Å². The number of aromatic amines is 1. The third-order valence-electron chi connectivity index (χ3n) is 7.37. The second-order valence-electron chi connectivity index (χ2n) is 10.5. The van der Waals surface area contributed by atoms with Crippen LogP contribution in [0.2, 0.25) is 0 Å². The van der Waals surface area contributed by atoms with Crippen molar-refractivity contribution in [3.8, 4) is 11.8 Å². The maximum absolute atomic E-state index is 13.5. The van der Waals surface area contributed by atoms with E-state index in [9.17, 15) is 13.7 Å². The van der Waals surface area contributed by atoms with E-state index in [1.165, 1.54) is 13.2 Å². The molecule has 0 atom stereocenters. The maximum Gasteiger partial charge on any atom is 0.243 e. The molecular weight excluding hydrogens is 532 g/mol. The average Bonchev–Trinajstić information content (AvgIpc) is 3.40. The Morgan fingerprint density at radius 3 is 2.62 bits per heavy atom. The summed E-state index contributed by atoms with van der Waals surface area (Å²) >= 11 is 0. The molecule has 0 aliphatic carbocycles. The summed E-state index contributed by atoms with van der Waals surface area (Å²) in [7, 11) is -2.19. The van der Waals surface area contributed by atoms with E-state index in [0.717, 1.165) is 39.1 Å². The number of fused-ring (bicyclic) bond motifs is 1. The van der Waals surface area contributed by atoms with Crippen LogP contribution >= 0.6 is 0 Å². The number of anilines is 3. The first-order valence-corrected chi connectivity index (χ1v) is 15.0. The summed E-state index contributed by atoms with van der Waals surface area (Å²) < 4.78 is 39.6. The van der Waals surface area contributed by atoms with Gasteiger partial charge in [0, 0.05) is 51.0 Å². The second kappa shape index (κ2) is 12.0. The smallest absolute Gasteiger partial charge is 0.243 e. The predicted molar refractivity (Wildman–Crippen MR) is 152 cm³/mol. The molecule has 0 spiro atoms. The number of benzene rings is 1. The molecule has 0 amide bonds. The lowest BCUT2D eigenvalue weighted by atomic mass is 10.0. The Bertz CT molecular complexity index is 1490. The number of rotatable bonds is 9. The molecule has 40 heavy (non-hydrogen) atoms. The quantitative estimate of drug-likeness (QED) is 0.351. The standard InChI is InChI=1S/C27H36N8O4S/c1-18(2)16-29-25-24-19(15-28)17-30-26(24)33-27(32-25)31-22-5-4-21(14-23(22)38-3)40(36,37)35-8-6-20(7-9-35)34-10-12-39-13-11-34/h4-5,14,17-18,20H,6-13,16H2,1-3H3,(H3,29,30,31,32,33). The number of hydrogen-bond acceptors (Lipinski definition) is 10. The molecule has 214 valence electrons. The van der Waals surface area contributed by atoms with Crippen molar-refractivity contribution in [2.75, 3.05) is 63.7 Å². The molecule has 0 unspecified atom stereocenters. The number of ether oxygens (including phenoxy) is 2. The zero-order valence-electron chi connectivity index (χ0n) is 23.1. The Morgan fingerprint density at radius 2 is 1.95 bits per heavy atom. The zero-order chi connectivity index (χ0) is 28.3. The number of nitrogens with one attached hydrogen (secondary N) is 3. The molecule has 1 aromatic carbocycles. The van der Waals surface area contributed by atoms with Crippen molar-refractivity contribution >= 4 is 38.5 Å².